The van der Waals surface area contributed by atoms with Crippen LogP contribution in [0.15, 0.2) is 12.3 Å². The molecule has 0 saturated carbocycles. The molecule has 0 fully saturated rings. The monoisotopic (exact) mass is 270 g/mol. The highest BCUT2D eigenvalue weighted by molar-refractivity contribution is 9.08. The van der Waals surface area contributed by atoms with Gasteiger partial charge < -0.3 is 10.5 Å². The summed E-state index contributed by atoms with van der Waals surface area (Å²) in [7, 11) is 0. The zero-order valence-electron chi connectivity index (χ0n) is 6.81. The molecular weight excluding hydrogens is 265 g/mol. The number of rotatable bonds is 2. The second-order valence-corrected chi connectivity index (χ2v) is 2.98. The number of anilines is 1. The zero-order chi connectivity index (χ0) is 10.8. The average Bonchev–Trinajstić information content (AvgIpc) is 2.06. The molecule has 2 N–H and O–H groups in total. The van der Waals surface area contributed by atoms with Crippen LogP contribution in [0.5, 0.6) is 5.88 Å². The Hall–Kier alpha value is -0.980. The van der Waals surface area contributed by atoms with Crippen molar-refractivity contribution in [2.45, 2.75) is 11.7 Å². The highest BCUT2D eigenvalue weighted by Gasteiger charge is 2.32. The van der Waals surface area contributed by atoms with Crippen LogP contribution in [0.25, 0.3) is 0 Å². The van der Waals surface area contributed by atoms with Gasteiger partial charge in [0.05, 0.1) is 11.9 Å². The van der Waals surface area contributed by atoms with Gasteiger partial charge in [-0.3, -0.25) is 0 Å². The second-order valence-electron chi connectivity index (χ2n) is 2.41. The molecule has 3 nitrogen and oxygen atoms in total. The maximum atomic E-state index is 11.8. The SMILES string of the molecule is Nc1cnc(OC(F)(F)F)c(CBr)c1. The molecule has 0 aliphatic carbocycles. The summed E-state index contributed by atoms with van der Waals surface area (Å²) < 4.78 is 39.2. The summed E-state index contributed by atoms with van der Waals surface area (Å²) >= 11 is 3.01. The topological polar surface area (TPSA) is 48.1 Å². The third-order valence-corrected chi connectivity index (χ3v) is 1.91. The third-order valence-electron chi connectivity index (χ3n) is 1.30. The van der Waals surface area contributed by atoms with Crippen molar-refractivity contribution in [2.75, 3.05) is 5.73 Å². The summed E-state index contributed by atoms with van der Waals surface area (Å²) in [5.74, 6) is -0.483. The lowest BCUT2D eigenvalue weighted by atomic mass is 10.3. The number of halogens is 4. The molecule has 1 heterocycles. The molecular formula is C7H6BrF3N2O. The second kappa shape index (κ2) is 4.04. The van der Waals surface area contributed by atoms with Gasteiger partial charge in [-0.05, 0) is 6.07 Å². The van der Waals surface area contributed by atoms with E-state index in [1.165, 1.54) is 6.07 Å². The predicted octanol–water partition coefficient (Wildman–Crippen LogP) is 2.46. The molecule has 0 radical (unpaired) electrons. The van der Waals surface area contributed by atoms with Crippen molar-refractivity contribution in [1.82, 2.24) is 4.98 Å². The van der Waals surface area contributed by atoms with Gasteiger partial charge in [-0.2, -0.15) is 0 Å². The zero-order valence-corrected chi connectivity index (χ0v) is 8.39. The molecule has 1 aromatic heterocycles. The van der Waals surface area contributed by atoms with Gasteiger partial charge in [-0.1, -0.05) is 15.9 Å². The van der Waals surface area contributed by atoms with Crippen LogP contribution in [-0.2, 0) is 5.33 Å². The van der Waals surface area contributed by atoms with E-state index in [1.807, 2.05) is 0 Å². The molecule has 0 bridgehead atoms. The van der Waals surface area contributed by atoms with Crippen molar-refractivity contribution < 1.29 is 17.9 Å². The van der Waals surface area contributed by atoms with Crippen LogP contribution in [0.1, 0.15) is 5.56 Å². The number of hydrogen-bond acceptors (Lipinski definition) is 3. The number of alkyl halides is 4. The molecule has 14 heavy (non-hydrogen) atoms. The van der Waals surface area contributed by atoms with E-state index < -0.39 is 12.2 Å². The van der Waals surface area contributed by atoms with E-state index in [1.54, 1.807) is 0 Å². The normalized spacial score (nSPS) is 11.4. The first-order valence-corrected chi connectivity index (χ1v) is 4.60. The number of nitrogens with two attached hydrogens (primary N) is 1. The van der Waals surface area contributed by atoms with Gasteiger partial charge in [0, 0.05) is 10.9 Å². The fourth-order valence-corrected chi connectivity index (χ4v) is 1.22. The third kappa shape index (κ3) is 3.06. The lowest BCUT2D eigenvalue weighted by molar-refractivity contribution is -0.276. The van der Waals surface area contributed by atoms with Gasteiger partial charge >= 0.3 is 6.36 Å². The fourth-order valence-electron chi connectivity index (χ4n) is 0.814. The Morgan fingerprint density at radius 3 is 2.64 bits per heavy atom. The molecule has 0 aliphatic rings. The summed E-state index contributed by atoms with van der Waals surface area (Å²) in [6.45, 7) is 0. The van der Waals surface area contributed by atoms with Crippen molar-refractivity contribution >= 4 is 21.6 Å². The van der Waals surface area contributed by atoms with E-state index >= 15 is 0 Å². The number of hydrogen-bond donors (Lipinski definition) is 1. The Morgan fingerprint density at radius 1 is 1.50 bits per heavy atom. The van der Waals surface area contributed by atoms with Crippen molar-refractivity contribution in [2.24, 2.45) is 0 Å². The average molecular weight is 271 g/mol. The van der Waals surface area contributed by atoms with Crippen LogP contribution in [0.3, 0.4) is 0 Å². The molecule has 7 heteroatoms. The first kappa shape index (κ1) is 11.1. The van der Waals surface area contributed by atoms with E-state index in [4.69, 9.17) is 5.73 Å². The van der Waals surface area contributed by atoms with E-state index in [0.717, 1.165) is 6.20 Å². The Morgan fingerprint density at radius 2 is 2.14 bits per heavy atom. The van der Waals surface area contributed by atoms with E-state index in [2.05, 4.69) is 25.7 Å². The van der Waals surface area contributed by atoms with Gasteiger partial charge in [0.2, 0.25) is 5.88 Å². The Labute approximate surface area is 86.2 Å². The quantitative estimate of drug-likeness (QED) is 0.840. The standard InChI is InChI=1S/C7H6BrF3N2O/c8-2-4-1-5(12)3-13-6(4)14-7(9,10)11/h1,3H,2,12H2. The molecule has 1 aromatic rings. The van der Waals surface area contributed by atoms with E-state index in [0.29, 0.717) is 0 Å². The van der Waals surface area contributed by atoms with Gasteiger partial charge in [0.25, 0.3) is 0 Å². The minimum atomic E-state index is -4.74. The Balaban J connectivity index is 2.97. The van der Waals surface area contributed by atoms with Gasteiger partial charge in [-0.25, -0.2) is 4.98 Å². The van der Waals surface area contributed by atoms with Crippen LogP contribution in [0.4, 0.5) is 18.9 Å². The first-order chi connectivity index (χ1) is 6.42. The highest BCUT2D eigenvalue weighted by atomic mass is 79.9. The van der Waals surface area contributed by atoms with Gasteiger partial charge in [0.1, 0.15) is 0 Å². The van der Waals surface area contributed by atoms with Crippen LogP contribution >= 0.6 is 15.9 Å². The maximum Gasteiger partial charge on any atom is 0.574 e. The van der Waals surface area contributed by atoms with Gasteiger partial charge in [-0.15, -0.1) is 13.2 Å². The lowest BCUT2D eigenvalue weighted by Crippen LogP contribution is -2.19. The van der Waals surface area contributed by atoms with E-state index in [9.17, 15) is 13.2 Å². The molecule has 0 spiro atoms. The van der Waals surface area contributed by atoms with Crippen molar-refractivity contribution in [3.63, 3.8) is 0 Å². The van der Waals surface area contributed by atoms with Crippen molar-refractivity contribution in [3.8, 4) is 5.88 Å². The molecule has 0 atom stereocenters. The molecule has 0 aliphatic heterocycles. The van der Waals surface area contributed by atoms with Crippen LogP contribution in [0, 0.1) is 0 Å². The predicted molar refractivity (Wildman–Crippen MR) is 48.0 cm³/mol. The molecule has 1 rings (SSSR count). The van der Waals surface area contributed by atoms with Crippen molar-refractivity contribution in [3.05, 3.63) is 17.8 Å². The molecule has 0 aromatic carbocycles. The smallest absolute Gasteiger partial charge is 0.397 e. The van der Waals surface area contributed by atoms with Gasteiger partial charge in [0.15, 0.2) is 0 Å². The number of aromatic nitrogens is 1. The summed E-state index contributed by atoms with van der Waals surface area (Å²) in [5, 5.41) is 0.191. The molecule has 0 amide bonds. The molecule has 78 valence electrons. The summed E-state index contributed by atoms with van der Waals surface area (Å²) in [5.41, 5.74) is 5.88. The van der Waals surface area contributed by atoms with Crippen LogP contribution in [0.2, 0.25) is 0 Å². The first-order valence-electron chi connectivity index (χ1n) is 3.48. The van der Waals surface area contributed by atoms with Crippen LogP contribution in [-0.4, -0.2) is 11.3 Å². The summed E-state index contributed by atoms with van der Waals surface area (Å²) in [4.78, 5) is 3.44. The number of ether oxygens (including phenoxy) is 1. The van der Waals surface area contributed by atoms with Crippen molar-refractivity contribution in [1.29, 1.82) is 0 Å². The Bertz CT molecular complexity index is 329. The largest absolute Gasteiger partial charge is 0.574 e. The number of pyridine rings is 1. The fraction of sp³-hybridized carbons (Fsp3) is 0.286. The summed E-state index contributed by atoms with van der Waals surface area (Å²) in [6, 6.07) is 1.36. The minimum absolute atomic E-state index is 0.191. The van der Waals surface area contributed by atoms with E-state index in [-0.39, 0.29) is 16.6 Å². The summed E-state index contributed by atoms with van der Waals surface area (Å²) in [6.07, 6.45) is -3.63. The molecule has 0 unspecified atom stereocenters. The lowest BCUT2D eigenvalue weighted by Gasteiger charge is -2.10. The minimum Gasteiger partial charge on any atom is -0.397 e. The highest BCUT2D eigenvalue weighted by Crippen LogP contribution is 2.26. The maximum absolute atomic E-state index is 11.8. The Kier molecular flexibility index (Phi) is 3.20. The van der Waals surface area contributed by atoms with Crippen LogP contribution < -0.4 is 10.5 Å². The number of nitrogens with zero attached hydrogens (tertiary/aromatic N) is 1. The number of nitrogen functional groups attached to an aromatic ring is 1. The molecule has 0 saturated heterocycles.